The van der Waals surface area contributed by atoms with E-state index in [1.807, 2.05) is 19.1 Å². The van der Waals surface area contributed by atoms with Gasteiger partial charge in [-0.25, -0.2) is 0 Å². The maximum Gasteiger partial charge on any atom is 0.150 e. The van der Waals surface area contributed by atoms with E-state index in [1.165, 1.54) is 5.69 Å². The molecule has 0 amide bonds. The minimum Gasteiger partial charge on any atom is -0.372 e. The van der Waals surface area contributed by atoms with Crippen molar-refractivity contribution in [3.63, 3.8) is 0 Å². The predicted molar refractivity (Wildman–Crippen MR) is 69.4 cm³/mol. The Bertz CT molecular complexity index is 341. The molecule has 0 aliphatic heterocycles. The highest BCUT2D eigenvalue weighted by Gasteiger charge is 2.06. The van der Waals surface area contributed by atoms with Crippen molar-refractivity contribution in [2.45, 2.75) is 33.6 Å². The smallest absolute Gasteiger partial charge is 0.150 e. The van der Waals surface area contributed by atoms with E-state index in [4.69, 9.17) is 0 Å². The molecule has 0 N–H and O–H groups in total. The number of nitrogens with zero attached hydrogens (tertiary/aromatic N) is 1. The lowest BCUT2D eigenvalue weighted by atomic mass is 10.1. The molecule has 0 aliphatic carbocycles. The summed E-state index contributed by atoms with van der Waals surface area (Å²) in [5.74, 6) is 0. The first-order chi connectivity index (χ1) is 7.72. The van der Waals surface area contributed by atoms with E-state index < -0.39 is 0 Å². The Morgan fingerprint density at radius 2 is 1.81 bits per heavy atom. The maximum absolute atomic E-state index is 10.7. The van der Waals surface area contributed by atoms with Crippen molar-refractivity contribution in [1.82, 2.24) is 0 Å². The number of rotatable bonds is 6. The second-order valence-corrected chi connectivity index (χ2v) is 4.15. The number of aryl methyl sites for hydroxylation is 1. The van der Waals surface area contributed by atoms with Gasteiger partial charge in [0, 0.05) is 24.3 Å². The third kappa shape index (κ3) is 3.09. The predicted octanol–water partition coefficient (Wildman–Crippen LogP) is 3.43. The molecular formula is C14H21NO. The number of anilines is 1. The minimum absolute atomic E-state index is 0.789. The first kappa shape index (κ1) is 12.8. The molecule has 1 aromatic rings. The lowest BCUT2D eigenvalue weighted by Gasteiger charge is -2.24. The SMILES string of the molecule is CCCN(CCC)c1ccc(C=O)c(C)c1. The van der Waals surface area contributed by atoms with Crippen LogP contribution < -0.4 is 4.90 Å². The standard InChI is InChI=1S/C14H21NO/c1-4-8-15(9-5-2)14-7-6-13(11-16)12(3)10-14/h6-7,10-11H,4-5,8-9H2,1-3H3. The Kier molecular flexibility index (Phi) is 5.03. The van der Waals surface area contributed by atoms with E-state index in [9.17, 15) is 4.79 Å². The summed E-state index contributed by atoms with van der Waals surface area (Å²) in [6.07, 6.45) is 3.21. The zero-order valence-electron chi connectivity index (χ0n) is 10.5. The van der Waals surface area contributed by atoms with E-state index in [1.54, 1.807) is 0 Å². The average molecular weight is 219 g/mol. The molecule has 2 heteroatoms. The molecule has 0 unspecified atom stereocenters. The topological polar surface area (TPSA) is 20.3 Å². The van der Waals surface area contributed by atoms with Crippen LogP contribution in [0, 0.1) is 6.92 Å². The fourth-order valence-corrected chi connectivity index (χ4v) is 1.90. The molecule has 16 heavy (non-hydrogen) atoms. The molecule has 0 bridgehead atoms. The fourth-order valence-electron chi connectivity index (χ4n) is 1.90. The van der Waals surface area contributed by atoms with Gasteiger partial charge in [0.05, 0.1) is 0 Å². The lowest BCUT2D eigenvalue weighted by molar-refractivity contribution is 0.112. The van der Waals surface area contributed by atoms with Crippen molar-refractivity contribution >= 4 is 12.0 Å². The van der Waals surface area contributed by atoms with Crippen LogP contribution in [0.4, 0.5) is 5.69 Å². The van der Waals surface area contributed by atoms with Crippen molar-refractivity contribution in [2.24, 2.45) is 0 Å². The summed E-state index contributed by atoms with van der Waals surface area (Å²) in [7, 11) is 0. The van der Waals surface area contributed by atoms with Gasteiger partial charge in [-0.05, 0) is 43.5 Å². The molecule has 0 radical (unpaired) electrons. The molecule has 1 aromatic carbocycles. The van der Waals surface area contributed by atoms with Gasteiger partial charge in [0.1, 0.15) is 6.29 Å². The summed E-state index contributed by atoms with van der Waals surface area (Å²) in [5.41, 5.74) is 3.08. The molecular weight excluding hydrogens is 198 g/mol. The van der Waals surface area contributed by atoms with Crippen LogP contribution in [0.3, 0.4) is 0 Å². The lowest BCUT2D eigenvalue weighted by Crippen LogP contribution is -2.24. The quantitative estimate of drug-likeness (QED) is 0.683. The Morgan fingerprint density at radius 3 is 2.25 bits per heavy atom. The molecule has 0 atom stereocenters. The molecule has 0 saturated heterocycles. The third-order valence-electron chi connectivity index (χ3n) is 2.73. The van der Waals surface area contributed by atoms with Gasteiger partial charge >= 0.3 is 0 Å². The van der Waals surface area contributed by atoms with Gasteiger partial charge in [-0.3, -0.25) is 4.79 Å². The highest BCUT2D eigenvalue weighted by Crippen LogP contribution is 2.19. The highest BCUT2D eigenvalue weighted by atomic mass is 16.1. The number of hydrogen-bond donors (Lipinski definition) is 0. The van der Waals surface area contributed by atoms with Gasteiger partial charge in [-0.1, -0.05) is 13.8 Å². The Hall–Kier alpha value is -1.31. The first-order valence-corrected chi connectivity index (χ1v) is 6.03. The van der Waals surface area contributed by atoms with Gasteiger partial charge in [-0.2, -0.15) is 0 Å². The molecule has 0 spiro atoms. The third-order valence-corrected chi connectivity index (χ3v) is 2.73. The number of hydrogen-bond acceptors (Lipinski definition) is 2. The van der Waals surface area contributed by atoms with Crippen molar-refractivity contribution in [3.8, 4) is 0 Å². The number of benzene rings is 1. The monoisotopic (exact) mass is 219 g/mol. The first-order valence-electron chi connectivity index (χ1n) is 6.03. The molecule has 1 rings (SSSR count). The summed E-state index contributed by atoms with van der Waals surface area (Å²) in [6, 6.07) is 6.06. The van der Waals surface area contributed by atoms with Gasteiger partial charge in [0.25, 0.3) is 0 Å². The molecule has 0 heterocycles. The van der Waals surface area contributed by atoms with Crippen molar-refractivity contribution < 1.29 is 4.79 Å². The van der Waals surface area contributed by atoms with Crippen LogP contribution in [0.25, 0.3) is 0 Å². The summed E-state index contributed by atoms with van der Waals surface area (Å²) >= 11 is 0. The fraction of sp³-hybridized carbons (Fsp3) is 0.500. The summed E-state index contributed by atoms with van der Waals surface area (Å²) < 4.78 is 0. The summed E-state index contributed by atoms with van der Waals surface area (Å²) in [5, 5.41) is 0. The van der Waals surface area contributed by atoms with Crippen LogP contribution in [-0.4, -0.2) is 19.4 Å². The zero-order chi connectivity index (χ0) is 12.0. The van der Waals surface area contributed by atoms with Gasteiger partial charge < -0.3 is 4.90 Å². The largest absolute Gasteiger partial charge is 0.372 e. The van der Waals surface area contributed by atoms with Crippen molar-refractivity contribution in [1.29, 1.82) is 0 Å². The number of aldehydes is 1. The van der Waals surface area contributed by atoms with Crippen LogP contribution in [0.1, 0.15) is 42.6 Å². The Labute approximate surface area is 98.3 Å². The van der Waals surface area contributed by atoms with Crippen LogP contribution in [0.15, 0.2) is 18.2 Å². The van der Waals surface area contributed by atoms with Crippen LogP contribution in [0.5, 0.6) is 0 Å². The molecule has 0 saturated carbocycles. The second kappa shape index (κ2) is 6.31. The van der Waals surface area contributed by atoms with E-state index in [0.29, 0.717) is 0 Å². The average Bonchev–Trinajstić information content (AvgIpc) is 2.28. The van der Waals surface area contributed by atoms with E-state index >= 15 is 0 Å². The van der Waals surface area contributed by atoms with E-state index in [0.717, 1.165) is 43.3 Å². The van der Waals surface area contributed by atoms with Crippen LogP contribution in [-0.2, 0) is 0 Å². The number of carbonyl (C=O) groups is 1. The van der Waals surface area contributed by atoms with Crippen molar-refractivity contribution in [2.75, 3.05) is 18.0 Å². The summed E-state index contributed by atoms with van der Waals surface area (Å²) in [4.78, 5) is 13.1. The van der Waals surface area contributed by atoms with E-state index in [-0.39, 0.29) is 0 Å². The second-order valence-electron chi connectivity index (χ2n) is 4.15. The van der Waals surface area contributed by atoms with Crippen LogP contribution in [0.2, 0.25) is 0 Å². The Morgan fingerprint density at radius 1 is 1.19 bits per heavy atom. The Balaban J connectivity index is 2.91. The van der Waals surface area contributed by atoms with E-state index in [2.05, 4.69) is 24.8 Å². The highest BCUT2D eigenvalue weighted by molar-refractivity contribution is 5.78. The van der Waals surface area contributed by atoms with Gasteiger partial charge in [0.2, 0.25) is 0 Å². The summed E-state index contributed by atoms with van der Waals surface area (Å²) in [6.45, 7) is 8.52. The maximum atomic E-state index is 10.7. The zero-order valence-corrected chi connectivity index (χ0v) is 10.5. The molecule has 88 valence electrons. The molecule has 0 aliphatic rings. The molecule has 0 aromatic heterocycles. The van der Waals surface area contributed by atoms with Crippen LogP contribution >= 0.6 is 0 Å². The van der Waals surface area contributed by atoms with Gasteiger partial charge in [-0.15, -0.1) is 0 Å². The normalized spacial score (nSPS) is 10.2. The molecule has 2 nitrogen and oxygen atoms in total. The minimum atomic E-state index is 0.789. The number of carbonyl (C=O) groups excluding carboxylic acids is 1. The van der Waals surface area contributed by atoms with Crippen molar-refractivity contribution in [3.05, 3.63) is 29.3 Å². The van der Waals surface area contributed by atoms with Gasteiger partial charge in [0.15, 0.2) is 0 Å². The molecule has 0 fully saturated rings.